The van der Waals surface area contributed by atoms with Crippen molar-refractivity contribution in [3.05, 3.63) is 44.6 Å². The number of carbonyl (C=O) groups is 1. The molecule has 0 atom stereocenters. The highest BCUT2D eigenvalue weighted by molar-refractivity contribution is 9.11. The van der Waals surface area contributed by atoms with Gasteiger partial charge in [0.25, 0.3) is 10.0 Å². The first kappa shape index (κ1) is 16.0. The molecule has 1 aromatic carbocycles. The van der Waals surface area contributed by atoms with E-state index in [1.54, 1.807) is 37.3 Å². The lowest BCUT2D eigenvalue weighted by molar-refractivity contribution is -0.117. The summed E-state index contributed by atoms with van der Waals surface area (Å²) in [4.78, 5) is 12.0. The van der Waals surface area contributed by atoms with Gasteiger partial charge in [-0.1, -0.05) is 18.2 Å². The lowest BCUT2D eigenvalue weighted by Crippen LogP contribution is -2.18. The van der Waals surface area contributed by atoms with Crippen molar-refractivity contribution >= 4 is 48.9 Å². The van der Waals surface area contributed by atoms with Crippen LogP contribution in [-0.2, 0) is 21.2 Å². The summed E-state index contributed by atoms with van der Waals surface area (Å²) in [6, 6.07) is 8.24. The van der Waals surface area contributed by atoms with Gasteiger partial charge >= 0.3 is 0 Å². The summed E-state index contributed by atoms with van der Waals surface area (Å²) in [5.74, 6) is -0.517. The molecular formula is C13H13BrN2O3S2. The molecule has 8 heteroatoms. The van der Waals surface area contributed by atoms with E-state index in [9.17, 15) is 13.2 Å². The number of sulfonamides is 1. The molecule has 112 valence electrons. The van der Waals surface area contributed by atoms with Gasteiger partial charge in [-0.2, -0.15) is 0 Å². The molecule has 0 aliphatic rings. The zero-order valence-corrected chi connectivity index (χ0v) is 14.3. The van der Waals surface area contributed by atoms with Crippen LogP contribution in [0.4, 0.5) is 5.69 Å². The van der Waals surface area contributed by atoms with Gasteiger partial charge in [0.15, 0.2) is 0 Å². The molecule has 0 saturated carbocycles. The van der Waals surface area contributed by atoms with E-state index >= 15 is 0 Å². The van der Waals surface area contributed by atoms with E-state index in [0.29, 0.717) is 16.1 Å². The SMILES string of the molecule is Cc1sc(Br)cc1S(=O)(=O)Nc1ccccc1CC(N)=O. The number of aryl methyl sites for hydroxylation is 1. The molecular weight excluding hydrogens is 376 g/mol. The van der Waals surface area contributed by atoms with Gasteiger partial charge in [0.2, 0.25) is 5.91 Å². The van der Waals surface area contributed by atoms with Crippen LogP contribution < -0.4 is 10.5 Å². The standard InChI is InChI=1S/C13H13BrN2O3S2/c1-8-11(7-12(14)20-8)21(18,19)16-10-5-3-2-4-9(10)6-13(15)17/h2-5,7,16H,6H2,1H3,(H2,15,17). The molecule has 2 rings (SSSR count). The second kappa shape index (κ2) is 6.17. The number of nitrogens with one attached hydrogen (secondary N) is 1. The van der Waals surface area contributed by atoms with E-state index in [2.05, 4.69) is 20.7 Å². The predicted octanol–water partition coefficient (Wildman–Crippen LogP) is 2.65. The van der Waals surface area contributed by atoms with E-state index in [4.69, 9.17) is 5.73 Å². The number of primary amides is 1. The molecule has 0 fully saturated rings. The van der Waals surface area contributed by atoms with Crippen molar-refractivity contribution in [2.75, 3.05) is 4.72 Å². The van der Waals surface area contributed by atoms with Crippen LogP contribution in [0.1, 0.15) is 10.4 Å². The lowest BCUT2D eigenvalue weighted by atomic mass is 10.1. The molecule has 0 aliphatic carbocycles. The average molecular weight is 389 g/mol. The van der Waals surface area contributed by atoms with Gasteiger partial charge in [-0.25, -0.2) is 8.42 Å². The molecule has 2 aromatic rings. The maximum absolute atomic E-state index is 12.4. The van der Waals surface area contributed by atoms with E-state index in [0.717, 1.165) is 3.79 Å². The van der Waals surface area contributed by atoms with Gasteiger partial charge in [0.05, 0.1) is 15.9 Å². The highest BCUT2D eigenvalue weighted by Crippen LogP contribution is 2.31. The fourth-order valence-electron chi connectivity index (χ4n) is 1.86. The number of amides is 1. The van der Waals surface area contributed by atoms with E-state index in [1.807, 2.05) is 0 Å². The smallest absolute Gasteiger partial charge is 0.263 e. The van der Waals surface area contributed by atoms with E-state index in [-0.39, 0.29) is 11.3 Å². The number of carbonyl (C=O) groups excluding carboxylic acids is 1. The van der Waals surface area contributed by atoms with E-state index in [1.165, 1.54) is 11.3 Å². The zero-order chi connectivity index (χ0) is 15.6. The number of para-hydroxylation sites is 1. The lowest BCUT2D eigenvalue weighted by Gasteiger charge is -2.11. The fourth-order valence-corrected chi connectivity index (χ4v) is 5.38. The number of rotatable bonds is 5. The first-order chi connectivity index (χ1) is 9.79. The van der Waals surface area contributed by atoms with Crippen molar-refractivity contribution in [2.45, 2.75) is 18.2 Å². The Morgan fingerprint density at radius 2 is 2.05 bits per heavy atom. The summed E-state index contributed by atoms with van der Waals surface area (Å²) in [6.45, 7) is 1.74. The average Bonchev–Trinajstić information content (AvgIpc) is 2.71. The molecule has 1 aromatic heterocycles. The molecule has 0 bridgehead atoms. The Hall–Kier alpha value is -1.38. The van der Waals surface area contributed by atoms with Crippen LogP contribution in [0.2, 0.25) is 0 Å². The van der Waals surface area contributed by atoms with Crippen LogP contribution >= 0.6 is 27.3 Å². The highest BCUT2D eigenvalue weighted by Gasteiger charge is 2.20. The Morgan fingerprint density at radius 1 is 1.38 bits per heavy atom. The topological polar surface area (TPSA) is 89.3 Å². The van der Waals surface area contributed by atoms with Crippen LogP contribution in [0.15, 0.2) is 39.0 Å². The molecule has 3 N–H and O–H groups in total. The summed E-state index contributed by atoms with van der Waals surface area (Å²) < 4.78 is 28.1. The molecule has 0 spiro atoms. The molecule has 1 amide bonds. The van der Waals surface area contributed by atoms with Crippen LogP contribution in [0.3, 0.4) is 0 Å². The minimum atomic E-state index is -3.70. The van der Waals surface area contributed by atoms with Crippen LogP contribution in [0.5, 0.6) is 0 Å². The second-order valence-electron chi connectivity index (χ2n) is 4.38. The quantitative estimate of drug-likeness (QED) is 0.824. The third-order valence-electron chi connectivity index (χ3n) is 2.76. The highest BCUT2D eigenvalue weighted by atomic mass is 79.9. The molecule has 21 heavy (non-hydrogen) atoms. The van der Waals surface area contributed by atoms with Crippen molar-refractivity contribution in [3.8, 4) is 0 Å². The Bertz CT molecular complexity index is 784. The number of halogens is 1. The van der Waals surface area contributed by atoms with Crippen LogP contribution in [0, 0.1) is 6.92 Å². The van der Waals surface area contributed by atoms with Crippen molar-refractivity contribution < 1.29 is 13.2 Å². The van der Waals surface area contributed by atoms with Crippen molar-refractivity contribution in [2.24, 2.45) is 5.73 Å². The minimum absolute atomic E-state index is 0.0228. The summed E-state index contributed by atoms with van der Waals surface area (Å²) in [5.41, 5.74) is 6.08. The van der Waals surface area contributed by atoms with Gasteiger partial charge in [0, 0.05) is 4.88 Å². The maximum atomic E-state index is 12.4. The van der Waals surface area contributed by atoms with Crippen molar-refractivity contribution in [1.29, 1.82) is 0 Å². The van der Waals surface area contributed by atoms with Crippen LogP contribution in [0.25, 0.3) is 0 Å². The second-order valence-corrected chi connectivity index (χ2v) is 8.66. The largest absolute Gasteiger partial charge is 0.369 e. The van der Waals surface area contributed by atoms with Crippen LogP contribution in [-0.4, -0.2) is 14.3 Å². The molecule has 0 unspecified atom stereocenters. The van der Waals surface area contributed by atoms with Gasteiger partial charge < -0.3 is 5.73 Å². The van der Waals surface area contributed by atoms with Gasteiger partial charge in [0.1, 0.15) is 4.90 Å². The molecule has 0 aliphatic heterocycles. The van der Waals surface area contributed by atoms with Crippen molar-refractivity contribution in [3.63, 3.8) is 0 Å². The number of nitrogens with two attached hydrogens (primary N) is 1. The Kier molecular flexibility index (Phi) is 4.70. The van der Waals surface area contributed by atoms with Crippen molar-refractivity contribution in [1.82, 2.24) is 0 Å². The first-order valence-corrected chi connectivity index (χ1v) is 9.04. The van der Waals surface area contributed by atoms with E-state index < -0.39 is 15.9 Å². The predicted molar refractivity (Wildman–Crippen MR) is 86.9 cm³/mol. The fraction of sp³-hybridized carbons (Fsp3) is 0.154. The Labute approximate surface area is 135 Å². The van der Waals surface area contributed by atoms with Gasteiger partial charge in [-0.05, 0) is 40.5 Å². The zero-order valence-electron chi connectivity index (χ0n) is 11.1. The summed E-state index contributed by atoms with van der Waals surface area (Å²) in [6.07, 6.45) is -0.0228. The number of thiophene rings is 1. The molecule has 0 saturated heterocycles. The Balaban J connectivity index is 2.37. The summed E-state index contributed by atoms with van der Waals surface area (Å²) >= 11 is 4.62. The number of benzene rings is 1. The normalized spacial score (nSPS) is 11.3. The third-order valence-corrected chi connectivity index (χ3v) is 5.93. The molecule has 0 radical (unpaired) electrons. The monoisotopic (exact) mass is 388 g/mol. The number of anilines is 1. The minimum Gasteiger partial charge on any atom is -0.369 e. The third kappa shape index (κ3) is 3.84. The maximum Gasteiger partial charge on any atom is 0.263 e. The Morgan fingerprint density at radius 3 is 2.62 bits per heavy atom. The molecule has 5 nitrogen and oxygen atoms in total. The number of hydrogen-bond donors (Lipinski definition) is 2. The van der Waals surface area contributed by atoms with Gasteiger partial charge in [-0.3, -0.25) is 9.52 Å². The number of hydrogen-bond acceptors (Lipinski definition) is 4. The summed E-state index contributed by atoms with van der Waals surface area (Å²) in [7, 11) is -3.70. The van der Waals surface area contributed by atoms with Gasteiger partial charge in [-0.15, -0.1) is 11.3 Å². The summed E-state index contributed by atoms with van der Waals surface area (Å²) in [5, 5.41) is 0. The molecule has 1 heterocycles. The first-order valence-electron chi connectivity index (χ1n) is 5.94.